The fourth-order valence-corrected chi connectivity index (χ4v) is 1.66. The third kappa shape index (κ3) is 1.82. The standard InChI is InChI=1S/C9H8N2O2S/c10-9-11-6(5-14-9)4-7(12)8-2-1-3-13-8/h1-3,5H,4H2,(H2,10,11). The van der Waals surface area contributed by atoms with Gasteiger partial charge in [0, 0.05) is 5.38 Å². The Morgan fingerprint density at radius 1 is 1.64 bits per heavy atom. The van der Waals surface area contributed by atoms with E-state index in [1.807, 2.05) is 0 Å². The van der Waals surface area contributed by atoms with Gasteiger partial charge in [-0.1, -0.05) is 0 Å². The van der Waals surface area contributed by atoms with Crippen molar-refractivity contribution in [2.75, 3.05) is 5.73 Å². The summed E-state index contributed by atoms with van der Waals surface area (Å²) in [5, 5.41) is 2.25. The van der Waals surface area contributed by atoms with Gasteiger partial charge in [-0.3, -0.25) is 4.79 Å². The lowest BCUT2D eigenvalue weighted by atomic mass is 10.2. The molecular formula is C9H8N2O2S. The molecule has 0 fully saturated rings. The Labute approximate surface area is 84.4 Å². The number of hydrogen-bond donors (Lipinski definition) is 1. The topological polar surface area (TPSA) is 69.1 Å². The summed E-state index contributed by atoms with van der Waals surface area (Å²) in [5.41, 5.74) is 6.13. The number of ketones is 1. The van der Waals surface area contributed by atoms with Crippen LogP contribution in [0.2, 0.25) is 0 Å². The number of thiazole rings is 1. The Morgan fingerprint density at radius 2 is 2.50 bits per heavy atom. The largest absolute Gasteiger partial charge is 0.461 e. The Bertz CT molecular complexity index is 433. The lowest BCUT2D eigenvalue weighted by Gasteiger charge is -1.92. The number of nitrogens with two attached hydrogens (primary N) is 1. The van der Waals surface area contributed by atoms with E-state index in [1.165, 1.54) is 17.6 Å². The summed E-state index contributed by atoms with van der Waals surface area (Å²) in [7, 11) is 0. The number of aromatic nitrogens is 1. The average molecular weight is 208 g/mol. The highest BCUT2D eigenvalue weighted by Crippen LogP contribution is 2.13. The molecule has 0 unspecified atom stereocenters. The lowest BCUT2D eigenvalue weighted by molar-refractivity contribution is 0.0965. The Hall–Kier alpha value is -1.62. The highest BCUT2D eigenvalue weighted by Gasteiger charge is 2.11. The summed E-state index contributed by atoms with van der Waals surface area (Å²) in [6.07, 6.45) is 1.71. The first-order valence-electron chi connectivity index (χ1n) is 4.02. The van der Waals surface area contributed by atoms with Crippen LogP contribution < -0.4 is 5.73 Å². The van der Waals surface area contributed by atoms with Crippen LogP contribution in [0, 0.1) is 0 Å². The molecule has 2 N–H and O–H groups in total. The van der Waals surface area contributed by atoms with Crippen molar-refractivity contribution in [3.05, 3.63) is 35.2 Å². The van der Waals surface area contributed by atoms with Gasteiger partial charge in [-0.25, -0.2) is 4.98 Å². The number of nitrogens with zero attached hydrogens (tertiary/aromatic N) is 1. The third-order valence-electron chi connectivity index (χ3n) is 1.71. The maximum atomic E-state index is 11.5. The lowest BCUT2D eigenvalue weighted by Crippen LogP contribution is -2.02. The Balaban J connectivity index is 2.09. The second kappa shape index (κ2) is 3.63. The molecule has 0 aromatic carbocycles. The van der Waals surface area contributed by atoms with Gasteiger partial charge < -0.3 is 10.2 Å². The zero-order chi connectivity index (χ0) is 9.97. The van der Waals surface area contributed by atoms with E-state index in [9.17, 15) is 4.79 Å². The summed E-state index contributed by atoms with van der Waals surface area (Å²) in [5.74, 6) is 0.275. The quantitative estimate of drug-likeness (QED) is 0.780. The van der Waals surface area contributed by atoms with Crippen LogP contribution in [0.15, 0.2) is 28.2 Å². The number of carbonyl (C=O) groups is 1. The third-order valence-corrected chi connectivity index (χ3v) is 2.43. The number of carbonyl (C=O) groups excluding carboxylic acids is 1. The molecule has 2 aromatic heterocycles. The second-order valence-electron chi connectivity index (χ2n) is 2.75. The average Bonchev–Trinajstić information content (AvgIpc) is 2.75. The van der Waals surface area contributed by atoms with Crippen LogP contribution in [-0.2, 0) is 6.42 Å². The van der Waals surface area contributed by atoms with Crippen LogP contribution in [0.5, 0.6) is 0 Å². The monoisotopic (exact) mass is 208 g/mol. The Morgan fingerprint density at radius 3 is 3.07 bits per heavy atom. The van der Waals surface area contributed by atoms with Gasteiger partial charge in [0.25, 0.3) is 0 Å². The van der Waals surface area contributed by atoms with Gasteiger partial charge in [0.15, 0.2) is 10.9 Å². The van der Waals surface area contributed by atoms with E-state index < -0.39 is 0 Å². The molecule has 0 aliphatic rings. The molecule has 2 aromatic rings. The molecule has 0 saturated heterocycles. The van der Waals surface area contributed by atoms with Crippen molar-refractivity contribution in [1.82, 2.24) is 4.98 Å². The summed E-state index contributed by atoms with van der Waals surface area (Å²) in [6.45, 7) is 0. The highest BCUT2D eigenvalue weighted by atomic mass is 32.1. The van der Waals surface area contributed by atoms with Crippen molar-refractivity contribution in [3.8, 4) is 0 Å². The van der Waals surface area contributed by atoms with Crippen LogP contribution in [0.3, 0.4) is 0 Å². The van der Waals surface area contributed by atoms with Gasteiger partial charge in [-0.15, -0.1) is 11.3 Å². The van der Waals surface area contributed by atoms with Gasteiger partial charge in [-0.05, 0) is 12.1 Å². The number of furan rings is 1. The van der Waals surface area contributed by atoms with Crippen LogP contribution >= 0.6 is 11.3 Å². The summed E-state index contributed by atoms with van der Waals surface area (Å²) >= 11 is 1.33. The number of nitrogen functional groups attached to an aromatic ring is 1. The van der Waals surface area contributed by atoms with Crippen molar-refractivity contribution in [2.45, 2.75) is 6.42 Å². The van der Waals surface area contributed by atoms with Crippen LogP contribution in [0.25, 0.3) is 0 Å². The van der Waals surface area contributed by atoms with E-state index in [1.54, 1.807) is 17.5 Å². The number of rotatable bonds is 3. The molecule has 5 heteroatoms. The van der Waals surface area contributed by atoms with Crippen molar-refractivity contribution in [2.24, 2.45) is 0 Å². The van der Waals surface area contributed by atoms with Gasteiger partial charge >= 0.3 is 0 Å². The molecule has 2 rings (SSSR count). The predicted molar refractivity (Wildman–Crippen MR) is 53.3 cm³/mol. The van der Waals surface area contributed by atoms with Crippen molar-refractivity contribution < 1.29 is 9.21 Å². The maximum Gasteiger partial charge on any atom is 0.203 e. The van der Waals surface area contributed by atoms with E-state index in [2.05, 4.69) is 4.98 Å². The minimum atomic E-state index is -0.0831. The maximum absolute atomic E-state index is 11.5. The molecule has 2 heterocycles. The Kier molecular flexibility index (Phi) is 2.32. The highest BCUT2D eigenvalue weighted by molar-refractivity contribution is 7.13. The van der Waals surface area contributed by atoms with Crippen molar-refractivity contribution in [3.63, 3.8) is 0 Å². The van der Waals surface area contributed by atoms with Gasteiger partial charge in [0.05, 0.1) is 18.4 Å². The molecule has 72 valence electrons. The number of hydrogen-bond acceptors (Lipinski definition) is 5. The molecule has 4 nitrogen and oxygen atoms in total. The molecule has 0 bridgehead atoms. The zero-order valence-electron chi connectivity index (χ0n) is 7.27. The molecule has 0 aliphatic carbocycles. The molecular weight excluding hydrogens is 200 g/mol. The van der Waals surface area contributed by atoms with E-state index in [4.69, 9.17) is 10.2 Å². The second-order valence-corrected chi connectivity index (χ2v) is 3.64. The molecule has 14 heavy (non-hydrogen) atoms. The fourth-order valence-electron chi connectivity index (χ4n) is 1.09. The molecule has 0 saturated carbocycles. The SMILES string of the molecule is Nc1nc(CC(=O)c2ccco2)cs1. The minimum absolute atomic E-state index is 0.0831. The summed E-state index contributed by atoms with van der Waals surface area (Å²) in [4.78, 5) is 15.5. The minimum Gasteiger partial charge on any atom is -0.461 e. The molecule has 0 atom stereocenters. The van der Waals surface area contributed by atoms with Crippen LogP contribution in [0.4, 0.5) is 5.13 Å². The van der Waals surface area contributed by atoms with Crippen LogP contribution in [-0.4, -0.2) is 10.8 Å². The molecule has 0 amide bonds. The molecule has 0 aliphatic heterocycles. The van der Waals surface area contributed by atoms with E-state index in [0.717, 1.165) is 0 Å². The van der Waals surface area contributed by atoms with Gasteiger partial charge in [0.1, 0.15) is 0 Å². The van der Waals surface area contributed by atoms with Gasteiger partial charge in [-0.2, -0.15) is 0 Å². The first-order chi connectivity index (χ1) is 6.75. The van der Waals surface area contributed by atoms with E-state index in [-0.39, 0.29) is 12.2 Å². The smallest absolute Gasteiger partial charge is 0.203 e. The normalized spacial score (nSPS) is 10.3. The summed E-state index contributed by atoms with van der Waals surface area (Å²) in [6, 6.07) is 3.32. The van der Waals surface area contributed by atoms with Crippen LogP contribution in [0.1, 0.15) is 16.2 Å². The van der Waals surface area contributed by atoms with E-state index in [0.29, 0.717) is 16.6 Å². The number of anilines is 1. The fraction of sp³-hybridized carbons (Fsp3) is 0.111. The number of Topliss-reactive ketones (excluding diaryl/α,β-unsaturated/α-hetero) is 1. The zero-order valence-corrected chi connectivity index (χ0v) is 8.08. The molecule has 0 spiro atoms. The first kappa shape index (κ1) is 8.96. The summed E-state index contributed by atoms with van der Waals surface area (Å²) < 4.78 is 4.97. The van der Waals surface area contributed by atoms with Crippen molar-refractivity contribution >= 4 is 22.3 Å². The molecule has 0 radical (unpaired) electrons. The van der Waals surface area contributed by atoms with E-state index >= 15 is 0 Å². The van der Waals surface area contributed by atoms with Crippen molar-refractivity contribution in [1.29, 1.82) is 0 Å². The predicted octanol–water partition coefficient (Wildman–Crippen LogP) is 1.74. The first-order valence-corrected chi connectivity index (χ1v) is 4.90. The van der Waals surface area contributed by atoms with Gasteiger partial charge in [0.2, 0.25) is 5.78 Å².